The van der Waals surface area contributed by atoms with Gasteiger partial charge < -0.3 is 4.42 Å². The Hall–Kier alpha value is -1.23. The number of nitrogens with zero attached hydrogens (tertiary/aromatic N) is 3. The third-order valence-electron chi connectivity index (χ3n) is 4.62. The van der Waals surface area contributed by atoms with Crippen LogP contribution in [0.4, 0.5) is 0 Å². The summed E-state index contributed by atoms with van der Waals surface area (Å²) in [5.74, 6) is 3.52. The van der Waals surface area contributed by atoms with Gasteiger partial charge >= 0.3 is 0 Å². The predicted molar refractivity (Wildman–Crippen MR) is 77.6 cm³/mol. The quantitative estimate of drug-likeness (QED) is 0.852. The van der Waals surface area contributed by atoms with Gasteiger partial charge in [-0.15, -0.1) is 21.5 Å². The maximum absolute atomic E-state index is 5.81. The second kappa shape index (κ2) is 4.95. The molecule has 0 amide bonds. The number of aromatic nitrogens is 3. The van der Waals surface area contributed by atoms with Crippen LogP contribution in [0.25, 0.3) is 10.9 Å². The Kier molecular flexibility index (Phi) is 3.10. The van der Waals surface area contributed by atoms with Crippen molar-refractivity contribution in [2.75, 3.05) is 0 Å². The van der Waals surface area contributed by atoms with Gasteiger partial charge in [0.1, 0.15) is 0 Å². The monoisotopic (exact) mass is 289 g/mol. The average molecular weight is 289 g/mol. The first kappa shape index (κ1) is 12.5. The fraction of sp³-hybridized carbons (Fsp3) is 0.667. The lowest BCUT2D eigenvalue weighted by Crippen LogP contribution is -2.19. The minimum absolute atomic E-state index is 0.473. The zero-order chi connectivity index (χ0) is 13.5. The van der Waals surface area contributed by atoms with Gasteiger partial charge in [0.15, 0.2) is 5.01 Å². The van der Waals surface area contributed by atoms with Crippen molar-refractivity contribution >= 4 is 11.3 Å². The fourth-order valence-electron chi connectivity index (χ4n) is 3.08. The maximum Gasteiger partial charge on any atom is 0.276 e. The number of hydrogen-bond donors (Lipinski definition) is 0. The predicted octanol–water partition coefficient (Wildman–Crippen LogP) is 4.05. The van der Waals surface area contributed by atoms with Crippen LogP contribution in [-0.4, -0.2) is 15.2 Å². The first-order valence-electron chi connectivity index (χ1n) is 7.56. The van der Waals surface area contributed by atoms with E-state index in [0.717, 1.165) is 29.2 Å². The molecule has 4 rings (SSSR count). The molecule has 5 heteroatoms. The first-order valence-corrected chi connectivity index (χ1v) is 8.44. The van der Waals surface area contributed by atoms with Crippen LogP contribution in [0.1, 0.15) is 56.5 Å². The van der Waals surface area contributed by atoms with Crippen molar-refractivity contribution in [3.8, 4) is 10.9 Å². The van der Waals surface area contributed by atoms with E-state index in [9.17, 15) is 0 Å². The molecule has 2 aliphatic carbocycles. The van der Waals surface area contributed by atoms with Gasteiger partial charge in [-0.25, -0.2) is 4.98 Å². The molecule has 2 aliphatic rings. The molecule has 2 aromatic rings. The Morgan fingerprint density at radius 3 is 2.85 bits per heavy atom. The first-order chi connectivity index (χ1) is 9.78. The second-order valence-corrected chi connectivity index (χ2v) is 7.22. The largest absolute Gasteiger partial charge is 0.418 e. The highest BCUT2D eigenvalue weighted by atomic mass is 32.1. The van der Waals surface area contributed by atoms with Crippen molar-refractivity contribution in [2.45, 2.75) is 51.4 Å². The lowest BCUT2D eigenvalue weighted by Gasteiger charge is -2.29. The third-order valence-corrected chi connectivity index (χ3v) is 5.50. The van der Waals surface area contributed by atoms with Crippen molar-refractivity contribution < 1.29 is 4.42 Å². The van der Waals surface area contributed by atoms with Crippen LogP contribution in [0, 0.1) is 11.8 Å². The van der Waals surface area contributed by atoms with E-state index in [1.807, 2.05) is 0 Å². The van der Waals surface area contributed by atoms with Crippen molar-refractivity contribution in [1.29, 1.82) is 0 Å². The summed E-state index contributed by atoms with van der Waals surface area (Å²) in [4.78, 5) is 4.66. The maximum atomic E-state index is 5.81. The third kappa shape index (κ3) is 2.28. The van der Waals surface area contributed by atoms with Crippen molar-refractivity contribution in [3.05, 3.63) is 17.0 Å². The Bertz CT molecular complexity index is 596. The molecule has 2 heterocycles. The standard InChI is InChI=1S/C15H19N3OS/c1-9-5-11(6-9)13-17-18-14(19-13)15-16-12(8-20-15)7-10-3-2-4-10/h8-11H,2-7H2,1H3/t9-,11-. The summed E-state index contributed by atoms with van der Waals surface area (Å²) < 4.78 is 5.81. The fourth-order valence-corrected chi connectivity index (χ4v) is 3.83. The van der Waals surface area contributed by atoms with Gasteiger partial charge in [-0.2, -0.15) is 0 Å². The molecule has 0 aliphatic heterocycles. The van der Waals surface area contributed by atoms with Crippen molar-refractivity contribution in [1.82, 2.24) is 15.2 Å². The zero-order valence-corrected chi connectivity index (χ0v) is 12.5. The van der Waals surface area contributed by atoms with Crippen molar-refractivity contribution in [2.24, 2.45) is 11.8 Å². The van der Waals surface area contributed by atoms with E-state index in [4.69, 9.17) is 4.42 Å². The number of hydrogen-bond acceptors (Lipinski definition) is 5. The lowest BCUT2D eigenvalue weighted by molar-refractivity contribution is 0.247. The molecule has 2 fully saturated rings. The average Bonchev–Trinajstić information content (AvgIpc) is 2.98. The van der Waals surface area contributed by atoms with E-state index in [1.54, 1.807) is 11.3 Å². The molecule has 0 N–H and O–H groups in total. The molecular weight excluding hydrogens is 270 g/mol. The van der Waals surface area contributed by atoms with Crippen molar-refractivity contribution in [3.63, 3.8) is 0 Å². The molecule has 0 saturated heterocycles. The van der Waals surface area contributed by atoms with Gasteiger partial charge in [0.25, 0.3) is 5.89 Å². The highest BCUT2D eigenvalue weighted by Gasteiger charge is 2.31. The van der Waals surface area contributed by atoms with Gasteiger partial charge in [0, 0.05) is 11.3 Å². The van der Waals surface area contributed by atoms with Crippen LogP contribution in [0.2, 0.25) is 0 Å². The normalized spacial score (nSPS) is 26.2. The smallest absolute Gasteiger partial charge is 0.276 e. The summed E-state index contributed by atoms with van der Waals surface area (Å²) >= 11 is 1.62. The van der Waals surface area contributed by atoms with Gasteiger partial charge in [-0.3, -0.25) is 0 Å². The van der Waals surface area contributed by atoms with Crippen LogP contribution in [-0.2, 0) is 6.42 Å². The van der Waals surface area contributed by atoms with E-state index in [0.29, 0.717) is 11.8 Å². The molecule has 0 spiro atoms. The molecule has 0 radical (unpaired) electrons. The molecule has 2 aromatic heterocycles. The molecule has 0 atom stereocenters. The second-order valence-electron chi connectivity index (χ2n) is 6.36. The summed E-state index contributed by atoms with van der Waals surface area (Å²) in [6.07, 6.45) is 7.56. The molecule has 4 nitrogen and oxygen atoms in total. The number of rotatable bonds is 4. The minimum atomic E-state index is 0.473. The Labute approximate surface area is 122 Å². The van der Waals surface area contributed by atoms with E-state index in [1.165, 1.54) is 37.8 Å². The van der Waals surface area contributed by atoms with Gasteiger partial charge in [0.05, 0.1) is 5.69 Å². The van der Waals surface area contributed by atoms with Gasteiger partial charge in [0.2, 0.25) is 5.89 Å². The highest BCUT2D eigenvalue weighted by molar-refractivity contribution is 7.13. The van der Waals surface area contributed by atoms with Crippen LogP contribution >= 0.6 is 11.3 Å². The summed E-state index contributed by atoms with van der Waals surface area (Å²) in [7, 11) is 0. The minimum Gasteiger partial charge on any atom is -0.418 e. The van der Waals surface area contributed by atoms with Gasteiger partial charge in [-0.1, -0.05) is 26.2 Å². The molecule has 0 unspecified atom stereocenters. The van der Waals surface area contributed by atoms with Gasteiger partial charge in [-0.05, 0) is 31.1 Å². The summed E-state index contributed by atoms with van der Waals surface area (Å²) in [6, 6.07) is 0. The van der Waals surface area contributed by atoms with Crippen LogP contribution < -0.4 is 0 Å². The van der Waals surface area contributed by atoms with Crippen LogP contribution in [0.5, 0.6) is 0 Å². The summed E-state index contributed by atoms with van der Waals surface area (Å²) in [6.45, 7) is 2.27. The zero-order valence-electron chi connectivity index (χ0n) is 11.7. The SMILES string of the molecule is C[C@H]1C[C@H](c2nnc(-c3nc(CC4CCC4)cs3)o2)C1. The van der Waals surface area contributed by atoms with E-state index in [2.05, 4.69) is 27.5 Å². The summed E-state index contributed by atoms with van der Waals surface area (Å²) in [5.41, 5.74) is 1.19. The molecule has 0 aromatic carbocycles. The summed E-state index contributed by atoms with van der Waals surface area (Å²) in [5, 5.41) is 11.4. The van der Waals surface area contributed by atoms with Crippen LogP contribution in [0.15, 0.2) is 9.80 Å². The number of thiazole rings is 1. The molecule has 2 saturated carbocycles. The topological polar surface area (TPSA) is 51.8 Å². The van der Waals surface area contributed by atoms with Crippen LogP contribution in [0.3, 0.4) is 0 Å². The Balaban J connectivity index is 1.46. The van der Waals surface area contributed by atoms with E-state index in [-0.39, 0.29) is 0 Å². The van der Waals surface area contributed by atoms with E-state index < -0.39 is 0 Å². The lowest BCUT2D eigenvalue weighted by atomic mass is 9.76. The molecule has 0 bridgehead atoms. The Morgan fingerprint density at radius 1 is 1.30 bits per heavy atom. The highest BCUT2D eigenvalue weighted by Crippen LogP contribution is 2.41. The molecular formula is C15H19N3OS. The Morgan fingerprint density at radius 2 is 2.15 bits per heavy atom. The van der Waals surface area contributed by atoms with E-state index >= 15 is 0 Å². The molecule has 20 heavy (non-hydrogen) atoms. The molecule has 106 valence electrons.